The Balaban J connectivity index is 2.57. The molecule has 0 spiro atoms. The number of nitrogens with zero attached hydrogens (tertiary/aromatic N) is 2. The largest absolute Gasteiger partial charge is 0.396 e. The third kappa shape index (κ3) is 4.51. The first-order valence-electron chi connectivity index (χ1n) is 5.85. The maximum absolute atomic E-state index is 8.90. The zero-order valence-corrected chi connectivity index (χ0v) is 10.6. The van der Waals surface area contributed by atoms with Gasteiger partial charge in [0.2, 0.25) is 0 Å². The highest BCUT2D eigenvalue weighted by atomic mass is 32.2. The Bertz CT molecular complexity index is 201. The molecule has 0 aromatic rings. The Hall–Kier alpha value is -0.0900. The topological polar surface area (TPSA) is 45.0 Å². The summed E-state index contributed by atoms with van der Waals surface area (Å²) in [6.07, 6.45) is 6.05. The number of rotatable bonds is 5. The van der Waals surface area contributed by atoms with Crippen molar-refractivity contribution in [3.63, 3.8) is 0 Å². The number of thioether (sulfide) groups is 1. The molecule has 3 nitrogen and oxygen atoms in total. The average Bonchev–Trinajstić information content (AvgIpc) is 2.25. The average molecular weight is 230 g/mol. The van der Waals surface area contributed by atoms with Gasteiger partial charge in [0, 0.05) is 5.75 Å². The summed E-state index contributed by atoms with van der Waals surface area (Å²) in [5.74, 6) is 0.775. The highest BCUT2D eigenvalue weighted by Gasteiger charge is 2.32. The Kier molecular flexibility index (Phi) is 5.61. The Morgan fingerprint density at radius 1 is 1.27 bits per heavy atom. The minimum absolute atomic E-state index is 0.0226. The van der Waals surface area contributed by atoms with Crippen LogP contribution >= 0.6 is 11.8 Å². The van der Waals surface area contributed by atoms with Crippen LogP contribution in [0.25, 0.3) is 0 Å². The van der Waals surface area contributed by atoms with Gasteiger partial charge >= 0.3 is 0 Å². The van der Waals surface area contributed by atoms with Crippen LogP contribution in [-0.4, -0.2) is 28.4 Å². The van der Waals surface area contributed by atoms with Crippen LogP contribution in [0, 0.1) is 0 Å². The van der Waals surface area contributed by atoms with Crippen LogP contribution in [0.3, 0.4) is 0 Å². The van der Waals surface area contributed by atoms with Crippen LogP contribution in [0.2, 0.25) is 0 Å². The van der Waals surface area contributed by atoms with Crippen LogP contribution < -0.4 is 0 Å². The number of hydrogen-bond donors (Lipinski definition) is 1. The van der Waals surface area contributed by atoms with Gasteiger partial charge in [-0.2, -0.15) is 10.2 Å². The molecule has 0 aromatic carbocycles. The van der Waals surface area contributed by atoms with Crippen molar-refractivity contribution in [3.05, 3.63) is 0 Å². The van der Waals surface area contributed by atoms with E-state index in [-0.39, 0.29) is 17.5 Å². The predicted octanol–water partition coefficient (Wildman–Crippen LogP) is 3.23. The number of aliphatic hydroxyl groups is 1. The zero-order chi connectivity index (χ0) is 11.1. The fourth-order valence-corrected chi connectivity index (χ4v) is 2.99. The van der Waals surface area contributed by atoms with Gasteiger partial charge in [0.15, 0.2) is 0 Å². The highest BCUT2D eigenvalue weighted by Crippen LogP contribution is 2.41. The van der Waals surface area contributed by atoms with E-state index in [4.69, 9.17) is 5.11 Å². The van der Waals surface area contributed by atoms with Gasteiger partial charge in [-0.1, -0.05) is 19.3 Å². The van der Waals surface area contributed by atoms with Crippen molar-refractivity contribution in [2.75, 3.05) is 12.4 Å². The van der Waals surface area contributed by atoms with Crippen molar-refractivity contribution in [2.45, 2.75) is 56.9 Å². The zero-order valence-electron chi connectivity index (χ0n) is 9.78. The second-order valence-corrected chi connectivity index (χ2v) is 5.84. The van der Waals surface area contributed by atoms with Crippen LogP contribution in [0.15, 0.2) is 10.2 Å². The molecule has 1 rings (SSSR count). The van der Waals surface area contributed by atoms with Gasteiger partial charge in [-0.05, 0) is 26.7 Å². The van der Waals surface area contributed by atoms with E-state index in [0.717, 1.165) is 18.6 Å². The third-order valence-electron chi connectivity index (χ3n) is 2.57. The lowest BCUT2D eigenvalue weighted by atomic mass is 9.95. The molecule has 0 atom stereocenters. The van der Waals surface area contributed by atoms with Crippen molar-refractivity contribution in [1.29, 1.82) is 0 Å². The Labute approximate surface area is 96.7 Å². The first-order chi connectivity index (χ1) is 7.18. The lowest BCUT2D eigenvalue weighted by Crippen LogP contribution is -2.26. The quantitative estimate of drug-likeness (QED) is 0.737. The Morgan fingerprint density at radius 2 is 1.93 bits per heavy atom. The minimum Gasteiger partial charge on any atom is -0.396 e. The summed E-state index contributed by atoms with van der Waals surface area (Å²) in [6.45, 7) is 4.34. The van der Waals surface area contributed by atoms with E-state index in [1.54, 1.807) is 11.8 Å². The van der Waals surface area contributed by atoms with Crippen molar-refractivity contribution >= 4 is 11.8 Å². The van der Waals surface area contributed by atoms with E-state index >= 15 is 0 Å². The lowest BCUT2D eigenvalue weighted by molar-refractivity contribution is 0.320. The molecule has 1 aliphatic rings. The molecule has 0 heterocycles. The predicted molar refractivity (Wildman–Crippen MR) is 65.4 cm³/mol. The molecule has 0 aromatic heterocycles. The molecule has 4 heteroatoms. The minimum atomic E-state index is -0.0226. The molecule has 1 aliphatic carbocycles. The van der Waals surface area contributed by atoms with Gasteiger partial charge in [-0.3, -0.25) is 0 Å². The normalized spacial score (nSPS) is 21.3. The van der Waals surface area contributed by atoms with Crippen LogP contribution in [0.5, 0.6) is 0 Å². The molecule has 1 saturated carbocycles. The molecule has 0 saturated heterocycles. The van der Waals surface area contributed by atoms with Crippen molar-refractivity contribution in [2.24, 2.45) is 10.2 Å². The third-order valence-corrected chi connectivity index (χ3v) is 3.98. The number of aliphatic hydroxyl groups excluding tert-OH is 1. The molecule has 0 unspecified atom stereocenters. The van der Waals surface area contributed by atoms with Crippen LogP contribution in [0.4, 0.5) is 0 Å². The SMILES string of the molecule is CC(C)N=NC1(SCCO)CCCCC1. The highest BCUT2D eigenvalue weighted by molar-refractivity contribution is 8.00. The molecule has 0 amide bonds. The van der Waals surface area contributed by atoms with Crippen molar-refractivity contribution in [1.82, 2.24) is 0 Å². The van der Waals surface area contributed by atoms with E-state index in [9.17, 15) is 0 Å². The van der Waals surface area contributed by atoms with E-state index in [1.165, 1.54) is 19.3 Å². The maximum atomic E-state index is 8.90. The molecule has 1 fully saturated rings. The smallest absolute Gasteiger partial charge is 0.127 e. The molecule has 0 radical (unpaired) electrons. The molecular formula is C11H22N2OS. The summed E-state index contributed by atoms with van der Waals surface area (Å²) in [7, 11) is 0. The standard InChI is InChI=1S/C11H22N2OS/c1-10(2)12-13-11(15-9-8-14)6-4-3-5-7-11/h10,14H,3-9H2,1-2H3. The fourth-order valence-electron chi connectivity index (χ4n) is 1.83. The first kappa shape index (κ1) is 13.0. The summed E-state index contributed by atoms with van der Waals surface area (Å²) < 4.78 is 0. The summed E-state index contributed by atoms with van der Waals surface area (Å²) in [4.78, 5) is -0.0226. The monoisotopic (exact) mass is 230 g/mol. The Morgan fingerprint density at radius 3 is 2.47 bits per heavy atom. The van der Waals surface area contributed by atoms with Gasteiger partial charge in [-0.15, -0.1) is 11.8 Å². The maximum Gasteiger partial charge on any atom is 0.127 e. The first-order valence-corrected chi connectivity index (χ1v) is 6.84. The summed E-state index contributed by atoms with van der Waals surface area (Å²) in [5, 5.41) is 17.7. The second-order valence-electron chi connectivity index (χ2n) is 4.39. The van der Waals surface area contributed by atoms with Crippen molar-refractivity contribution < 1.29 is 5.11 Å². The van der Waals surface area contributed by atoms with Gasteiger partial charge in [0.05, 0.1) is 12.6 Å². The molecule has 1 N–H and O–H groups in total. The van der Waals surface area contributed by atoms with Gasteiger partial charge in [-0.25, -0.2) is 0 Å². The van der Waals surface area contributed by atoms with Crippen molar-refractivity contribution in [3.8, 4) is 0 Å². The lowest BCUT2D eigenvalue weighted by Gasteiger charge is -2.31. The summed E-state index contributed by atoms with van der Waals surface area (Å²) in [6, 6.07) is 0.276. The van der Waals surface area contributed by atoms with Gasteiger partial charge in [0.25, 0.3) is 0 Å². The molecule has 0 bridgehead atoms. The molecule has 15 heavy (non-hydrogen) atoms. The summed E-state index contributed by atoms with van der Waals surface area (Å²) in [5.41, 5.74) is 0. The van der Waals surface area contributed by atoms with Crippen LogP contribution in [-0.2, 0) is 0 Å². The number of hydrogen-bond acceptors (Lipinski definition) is 4. The summed E-state index contributed by atoms with van der Waals surface area (Å²) >= 11 is 1.78. The number of azo groups is 1. The fraction of sp³-hybridized carbons (Fsp3) is 1.00. The van der Waals surface area contributed by atoms with Gasteiger partial charge in [0.1, 0.15) is 4.87 Å². The van der Waals surface area contributed by atoms with Crippen LogP contribution in [0.1, 0.15) is 46.0 Å². The molecular weight excluding hydrogens is 208 g/mol. The van der Waals surface area contributed by atoms with E-state index in [2.05, 4.69) is 24.1 Å². The van der Waals surface area contributed by atoms with E-state index in [1.807, 2.05) is 0 Å². The van der Waals surface area contributed by atoms with E-state index < -0.39 is 0 Å². The molecule has 88 valence electrons. The van der Waals surface area contributed by atoms with E-state index in [0.29, 0.717) is 0 Å². The van der Waals surface area contributed by atoms with Gasteiger partial charge < -0.3 is 5.11 Å². The molecule has 0 aliphatic heterocycles. The second kappa shape index (κ2) is 6.48.